The maximum absolute atomic E-state index is 13.9. The van der Waals surface area contributed by atoms with E-state index in [0.717, 1.165) is 36.1 Å². The van der Waals surface area contributed by atoms with Gasteiger partial charge in [-0.3, -0.25) is 9.59 Å². The molecule has 0 bridgehead atoms. The number of methoxy groups -OCH3 is 1. The van der Waals surface area contributed by atoms with Gasteiger partial charge in [0.25, 0.3) is 0 Å². The van der Waals surface area contributed by atoms with Crippen molar-refractivity contribution >= 4 is 17.5 Å². The fourth-order valence-corrected chi connectivity index (χ4v) is 4.79. The topological polar surface area (TPSA) is 58.6 Å². The zero-order valence-corrected chi connectivity index (χ0v) is 19.7. The van der Waals surface area contributed by atoms with Crippen LogP contribution in [0.3, 0.4) is 0 Å². The van der Waals surface area contributed by atoms with Gasteiger partial charge in [0.15, 0.2) is 0 Å². The summed E-state index contributed by atoms with van der Waals surface area (Å²) in [5.41, 5.74) is 1.78. The van der Waals surface area contributed by atoms with Gasteiger partial charge in [0, 0.05) is 12.2 Å². The first kappa shape index (κ1) is 23.6. The van der Waals surface area contributed by atoms with Crippen molar-refractivity contribution in [1.82, 2.24) is 4.90 Å². The second kappa shape index (κ2) is 11.0. The number of amides is 2. The molecule has 3 aromatic carbocycles. The number of ether oxygens (including phenoxy) is 1. The number of nitrogens with one attached hydrogen (secondary N) is 1. The summed E-state index contributed by atoms with van der Waals surface area (Å²) in [5.74, 6) is 0.589. The van der Waals surface area contributed by atoms with E-state index in [1.165, 1.54) is 0 Å². The average molecular weight is 457 g/mol. The summed E-state index contributed by atoms with van der Waals surface area (Å²) in [6, 6.07) is 27.0. The number of carbonyl (C=O) groups excluding carboxylic acids is 2. The molecule has 2 amide bonds. The van der Waals surface area contributed by atoms with Gasteiger partial charge >= 0.3 is 0 Å². The monoisotopic (exact) mass is 456 g/mol. The Labute approximate surface area is 201 Å². The summed E-state index contributed by atoms with van der Waals surface area (Å²) in [6.45, 7) is 0.405. The lowest BCUT2D eigenvalue weighted by molar-refractivity contribution is -0.148. The summed E-state index contributed by atoms with van der Waals surface area (Å²) < 4.78 is 5.24. The number of nitrogens with zero attached hydrogens (tertiary/aromatic N) is 1. The molecule has 0 radical (unpaired) electrons. The Morgan fingerprint density at radius 3 is 2.00 bits per heavy atom. The van der Waals surface area contributed by atoms with E-state index in [2.05, 4.69) is 5.32 Å². The Morgan fingerprint density at radius 1 is 0.824 bits per heavy atom. The van der Waals surface area contributed by atoms with Crippen LogP contribution < -0.4 is 10.1 Å². The number of hydrogen-bond donors (Lipinski definition) is 1. The molecule has 0 aromatic heterocycles. The molecule has 176 valence electrons. The molecule has 0 heterocycles. The van der Waals surface area contributed by atoms with Gasteiger partial charge in [-0.05, 0) is 48.2 Å². The molecule has 0 saturated heterocycles. The predicted octanol–water partition coefficient (Wildman–Crippen LogP) is 5.61. The van der Waals surface area contributed by atoms with E-state index in [9.17, 15) is 9.59 Å². The molecule has 0 unspecified atom stereocenters. The van der Waals surface area contributed by atoms with Crippen molar-refractivity contribution in [3.05, 3.63) is 96.1 Å². The molecule has 0 atom stereocenters. The minimum Gasteiger partial charge on any atom is -0.497 e. The third-order valence-electron chi connectivity index (χ3n) is 6.65. The van der Waals surface area contributed by atoms with Gasteiger partial charge in [-0.1, -0.05) is 79.9 Å². The van der Waals surface area contributed by atoms with Crippen LogP contribution in [0.2, 0.25) is 0 Å². The average Bonchev–Trinajstić information content (AvgIpc) is 2.89. The van der Waals surface area contributed by atoms with Crippen molar-refractivity contribution in [3.63, 3.8) is 0 Å². The molecule has 5 nitrogen and oxygen atoms in total. The Kier molecular flexibility index (Phi) is 7.63. The van der Waals surface area contributed by atoms with Crippen molar-refractivity contribution in [2.45, 2.75) is 50.6 Å². The second-order valence-corrected chi connectivity index (χ2v) is 8.90. The standard InChI is InChI=1S/C29H32N2O3/c1-34-26-17-15-25(16-18-26)30-28(33)29(19-9-4-10-20-29)31(22-24-13-7-3-8-14-24)27(32)21-23-11-5-2-6-12-23/h2-3,5-8,11-18H,4,9-10,19-22H2,1H3,(H,30,33). The minimum atomic E-state index is -0.889. The molecular formula is C29H32N2O3. The highest BCUT2D eigenvalue weighted by Gasteiger charge is 2.46. The number of rotatable bonds is 8. The molecule has 0 spiro atoms. The van der Waals surface area contributed by atoms with Crippen molar-refractivity contribution in [3.8, 4) is 5.75 Å². The summed E-state index contributed by atoms with van der Waals surface area (Å²) in [7, 11) is 1.62. The minimum absolute atomic E-state index is 0.0261. The molecule has 1 N–H and O–H groups in total. The molecule has 3 aromatic rings. The fraction of sp³-hybridized carbons (Fsp3) is 0.310. The van der Waals surface area contributed by atoms with E-state index in [1.807, 2.05) is 89.8 Å². The molecule has 1 aliphatic carbocycles. The van der Waals surface area contributed by atoms with Crippen LogP contribution in [0.5, 0.6) is 5.75 Å². The van der Waals surface area contributed by atoms with E-state index in [1.54, 1.807) is 7.11 Å². The Hall–Kier alpha value is -3.60. The van der Waals surface area contributed by atoms with Crippen molar-refractivity contribution < 1.29 is 14.3 Å². The largest absolute Gasteiger partial charge is 0.497 e. The summed E-state index contributed by atoms with van der Waals surface area (Å²) in [4.78, 5) is 29.5. The summed E-state index contributed by atoms with van der Waals surface area (Å²) >= 11 is 0. The van der Waals surface area contributed by atoms with Crippen LogP contribution in [0.15, 0.2) is 84.9 Å². The van der Waals surface area contributed by atoms with E-state index in [0.29, 0.717) is 25.1 Å². The summed E-state index contributed by atoms with van der Waals surface area (Å²) in [6.07, 6.45) is 4.49. The SMILES string of the molecule is COc1ccc(NC(=O)C2(N(Cc3ccccc3)C(=O)Cc3ccccc3)CCCCC2)cc1. The first-order valence-corrected chi connectivity index (χ1v) is 11.9. The molecule has 1 aliphatic rings. The normalized spacial score (nSPS) is 14.7. The van der Waals surface area contributed by atoms with Gasteiger partial charge < -0.3 is 15.0 Å². The highest BCUT2D eigenvalue weighted by molar-refractivity contribution is 6.01. The maximum Gasteiger partial charge on any atom is 0.250 e. The van der Waals surface area contributed by atoms with E-state index in [-0.39, 0.29) is 18.2 Å². The lowest BCUT2D eigenvalue weighted by Gasteiger charge is -2.45. The third kappa shape index (κ3) is 5.48. The molecule has 1 saturated carbocycles. The maximum atomic E-state index is 13.9. The second-order valence-electron chi connectivity index (χ2n) is 8.90. The zero-order chi connectivity index (χ0) is 23.8. The van der Waals surface area contributed by atoms with Gasteiger partial charge in [0.05, 0.1) is 13.5 Å². The van der Waals surface area contributed by atoms with Gasteiger partial charge in [-0.15, -0.1) is 0 Å². The van der Waals surface area contributed by atoms with Crippen LogP contribution >= 0.6 is 0 Å². The van der Waals surface area contributed by atoms with Crippen molar-refractivity contribution in [2.75, 3.05) is 12.4 Å². The smallest absolute Gasteiger partial charge is 0.250 e. The molecule has 4 rings (SSSR count). The van der Waals surface area contributed by atoms with Crippen LogP contribution in [0.25, 0.3) is 0 Å². The van der Waals surface area contributed by atoms with Gasteiger partial charge in [-0.2, -0.15) is 0 Å². The lowest BCUT2D eigenvalue weighted by atomic mass is 9.78. The lowest BCUT2D eigenvalue weighted by Crippen LogP contribution is -2.60. The van der Waals surface area contributed by atoms with Gasteiger partial charge in [-0.25, -0.2) is 0 Å². The Morgan fingerprint density at radius 2 is 1.41 bits per heavy atom. The van der Waals surface area contributed by atoms with Crippen LogP contribution in [-0.4, -0.2) is 29.4 Å². The van der Waals surface area contributed by atoms with Gasteiger partial charge in [0.2, 0.25) is 11.8 Å². The Bertz CT molecular complexity index is 1080. The van der Waals surface area contributed by atoms with Crippen LogP contribution in [-0.2, 0) is 22.6 Å². The van der Waals surface area contributed by atoms with E-state index in [4.69, 9.17) is 4.74 Å². The highest BCUT2D eigenvalue weighted by atomic mass is 16.5. The van der Waals surface area contributed by atoms with Crippen molar-refractivity contribution in [2.24, 2.45) is 0 Å². The van der Waals surface area contributed by atoms with Crippen LogP contribution in [0.4, 0.5) is 5.69 Å². The molecule has 34 heavy (non-hydrogen) atoms. The zero-order valence-electron chi connectivity index (χ0n) is 19.7. The third-order valence-corrected chi connectivity index (χ3v) is 6.65. The quantitative estimate of drug-likeness (QED) is 0.479. The van der Waals surface area contributed by atoms with Crippen molar-refractivity contribution in [1.29, 1.82) is 0 Å². The van der Waals surface area contributed by atoms with Crippen LogP contribution in [0, 0.1) is 0 Å². The van der Waals surface area contributed by atoms with E-state index < -0.39 is 5.54 Å². The first-order valence-electron chi connectivity index (χ1n) is 11.9. The number of hydrogen-bond acceptors (Lipinski definition) is 3. The fourth-order valence-electron chi connectivity index (χ4n) is 4.79. The Balaban J connectivity index is 1.66. The highest BCUT2D eigenvalue weighted by Crippen LogP contribution is 2.37. The number of carbonyl (C=O) groups is 2. The van der Waals surface area contributed by atoms with Gasteiger partial charge in [0.1, 0.15) is 11.3 Å². The number of anilines is 1. The summed E-state index contributed by atoms with van der Waals surface area (Å²) in [5, 5.41) is 3.10. The molecule has 1 fully saturated rings. The molecule has 5 heteroatoms. The molecular weight excluding hydrogens is 424 g/mol. The predicted molar refractivity (Wildman–Crippen MR) is 135 cm³/mol. The van der Waals surface area contributed by atoms with E-state index >= 15 is 0 Å². The first-order chi connectivity index (χ1) is 16.6. The molecule has 0 aliphatic heterocycles. The van der Waals surface area contributed by atoms with Crippen LogP contribution in [0.1, 0.15) is 43.2 Å². The number of benzene rings is 3.